The zero-order chi connectivity index (χ0) is 22.9. The molecule has 2 amide bonds. The molecule has 2 aliphatic heterocycles. The highest BCUT2D eigenvalue weighted by Crippen LogP contribution is 2.31. The van der Waals surface area contributed by atoms with Gasteiger partial charge in [0.15, 0.2) is 0 Å². The third-order valence-corrected chi connectivity index (χ3v) is 6.58. The molecule has 2 aliphatic rings. The molecule has 33 heavy (non-hydrogen) atoms. The second kappa shape index (κ2) is 8.65. The van der Waals surface area contributed by atoms with Crippen LogP contribution in [-0.2, 0) is 17.8 Å². The van der Waals surface area contributed by atoms with E-state index in [2.05, 4.69) is 4.98 Å². The molecule has 0 spiro atoms. The van der Waals surface area contributed by atoms with Crippen molar-refractivity contribution in [3.63, 3.8) is 0 Å². The summed E-state index contributed by atoms with van der Waals surface area (Å²) in [5, 5.41) is 0. The smallest absolute Gasteiger partial charge is 0.254 e. The standard InChI is InChI=1S/C26H26N4O3/c1-17-21(14-18-8-3-2-4-9-18)25(32)28-24(27-17)22-12-7-13-30(22)23(31)16-29-15-19-10-5-6-11-20(19)26(29)33/h2-6,8-11,22H,7,12-16H2,1H3,(H,27,28,32)/t22-/m1/s1. The molecule has 1 atom stereocenters. The van der Waals surface area contributed by atoms with Crippen LogP contribution in [0.15, 0.2) is 59.4 Å². The minimum Gasteiger partial charge on any atom is -0.331 e. The molecule has 1 N–H and O–H groups in total. The van der Waals surface area contributed by atoms with Crippen molar-refractivity contribution < 1.29 is 9.59 Å². The molecule has 3 heterocycles. The molecule has 1 saturated heterocycles. The van der Waals surface area contributed by atoms with Crippen molar-refractivity contribution in [3.8, 4) is 0 Å². The average Bonchev–Trinajstić information content (AvgIpc) is 3.42. The van der Waals surface area contributed by atoms with Crippen molar-refractivity contribution in [1.82, 2.24) is 19.8 Å². The highest BCUT2D eigenvalue weighted by Gasteiger charge is 2.35. The lowest BCUT2D eigenvalue weighted by Crippen LogP contribution is -2.41. The van der Waals surface area contributed by atoms with E-state index in [4.69, 9.17) is 4.98 Å². The summed E-state index contributed by atoms with van der Waals surface area (Å²) in [7, 11) is 0. The minimum absolute atomic E-state index is 0.0271. The van der Waals surface area contributed by atoms with Gasteiger partial charge in [-0.05, 0) is 37.0 Å². The van der Waals surface area contributed by atoms with E-state index in [9.17, 15) is 14.4 Å². The summed E-state index contributed by atoms with van der Waals surface area (Å²) in [4.78, 5) is 49.7. The minimum atomic E-state index is -0.283. The van der Waals surface area contributed by atoms with Gasteiger partial charge in [-0.15, -0.1) is 0 Å². The predicted molar refractivity (Wildman–Crippen MR) is 124 cm³/mol. The number of H-pyrrole nitrogens is 1. The van der Waals surface area contributed by atoms with E-state index in [0.29, 0.717) is 42.2 Å². The van der Waals surface area contributed by atoms with Crippen molar-refractivity contribution in [1.29, 1.82) is 0 Å². The third kappa shape index (κ3) is 4.06. The van der Waals surface area contributed by atoms with Crippen LogP contribution in [-0.4, -0.2) is 44.7 Å². The fourth-order valence-corrected chi connectivity index (χ4v) is 4.84. The fraction of sp³-hybridized carbons (Fsp3) is 0.308. The Bertz CT molecular complexity index is 1270. The molecule has 168 valence electrons. The number of nitrogens with zero attached hydrogens (tertiary/aromatic N) is 3. The van der Waals surface area contributed by atoms with Crippen LogP contribution in [0.4, 0.5) is 0 Å². The van der Waals surface area contributed by atoms with Gasteiger partial charge in [-0.1, -0.05) is 48.5 Å². The van der Waals surface area contributed by atoms with Crippen LogP contribution in [0.2, 0.25) is 0 Å². The lowest BCUT2D eigenvalue weighted by atomic mass is 10.0. The molecule has 1 fully saturated rings. The lowest BCUT2D eigenvalue weighted by Gasteiger charge is -2.26. The Labute approximate surface area is 192 Å². The summed E-state index contributed by atoms with van der Waals surface area (Å²) in [6.45, 7) is 2.91. The van der Waals surface area contributed by atoms with Crippen LogP contribution in [0.3, 0.4) is 0 Å². The number of benzene rings is 2. The Morgan fingerprint density at radius 2 is 1.85 bits per heavy atom. The van der Waals surface area contributed by atoms with Crippen LogP contribution in [0.1, 0.15) is 57.5 Å². The van der Waals surface area contributed by atoms with Gasteiger partial charge in [-0.25, -0.2) is 4.98 Å². The second-order valence-corrected chi connectivity index (χ2v) is 8.74. The fourth-order valence-electron chi connectivity index (χ4n) is 4.84. The first-order valence-corrected chi connectivity index (χ1v) is 11.3. The summed E-state index contributed by atoms with van der Waals surface area (Å²) in [5.74, 6) is 0.297. The van der Waals surface area contributed by atoms with Gasteiger partial charge in [0.1, 0.15) is 12.4 Å². The van der Waals surface area contributed by atoms with Gasteiger partial charge in [0.05, 0.1) is 6.04 Å². The molecular formula is C26H26N4O3. The maximum atomic E-state index is 13.2. The van der Waals surface area contributed by atoms with Crippen LogP contribution in [0.25, 0.3) is 0 Å². The molecule has 0 aliphatic carbocycles. The Balaban J connectivity index is 1.33. The van der Waals surface area contributed by atoms with Gasteiger partial charge in [-0.3, -0.25) is 14.4 Å². The second-order valence-electron chi connectivity index (χ2n) is 8.74. The molecule has 1 aromatic heterocycles. The zero-order valence-electron chi connectivity index (χ0n) is 18.6. The number of nitrogens with one attached hydrogen (secondary N) is 1. The number of carbonyl (C=O) groups excluding carboxylic acids is 2. The predicted octanol–water partition coefficient (Wildman–Crippen LogP) is 2.99. The van der Waals surface area contributed by atoms with E-state index in [1.165, 1.54) is 0 Å². The molecular weight excluding hydrogens is 416 g/mol. The number of aryl methyl sites for hydroxylation is 1. The summed E-state index contributed by atoms with van der Waals surface area (Å²) < 4.78 is 0. The molecule has 0 saturated carbocycles. The van der Waals surface area contributed by atoms with Crippen molar-refractivity contribution in [2.75, 3.05) is 13.1 Å². The van der Waals surface area contributed by atoms with Crippen LogP contribution < -0.4 is 5.56 Å². The maximum Gasteiger partial charge on any atom is 0.254 e. The Kier molecular flexibility index (Phi) is 5.54. The molecule has 5 rings (SSSR count). The molecule has 0 bridgehead atoms. The van der Waals surface area contributed by atoms with Gasteiger partial charge >= 0.3 is 0 Å². The molecule has 0 unspecified atom stereocenters. The summed E-state index contributed by atoms with van der Waals surface area (Å²) >= 11 is 0. The normalized spacial score (nSPS) is 17.5. The van der Waals surface area contributed by atoms with Crippen LogP contribution >= 0.6 is 0 Å². The number of rotatable bonds is 5. The summed E-state index contributed by atoms with van der Waals surface area (Å²) in [6.07, 6.45) is 2.08. The average molecular weight is 443 g/mol. The van der Waals surface area contributed by atoms with E-state index in [0.717, 1.165) is 24.0 Å². The number of fused-ring (bicyclic) bond motifs is 1. The largest absolute Gasteiger partial charge is 0.331 e. The van der Waals surface area contributed by atoms with E-state index in [1.807, 2.05) is 55.5 Å². The van der Waals surface area contributed by atoms with E-state index < -0.39 is 0 Å². The lowest BCUT2D eigenvalue weighted by molar-refractivity contribution is -0.133. The van der Waals surface area contributed by atoms with Gasteiger partial charge in [-0.2, -0.15) is 0 Å². The van der Waals surface area contributed by atoms with E-state index >= 15 is 0 Å². The van der Waals surface area contributed by atoms with E-state index in [-0.39, 0.29) is 30.0 Å². The van der Waals surface area contributed by atoms with Crippen LogP contribution in [0, 0.1) is 6.92 Å². The number of aromatic nitrogens is 2. The molecule has 7 heteroatoms. The van der Waals surface area contributed by atoms with Crippen molar-refractivity contribution in [2.24, 2.45) is 0 Å². The first kappa shape index (κ1) is 21.1. The first-order chi connectivity index (χ1) is 16.0. The highest BCUT2D eigenvalue weighted by atomic mass is 16.2. The SMILES string of the molecule is Cc1nc([C@H]2CCCN2C(=O)CN2Cc3ccccc3C2=O)[nH]c(=O)c1Cc1ccccc1. The molecule has 3 aromatic rings. The van der Waals surface area contributed by atoms with Gasteiger partial charge in [0.25, 0.3) is 11.5 Å². The summed E-state index contributed by atoms with van der Waals surface area (Å²) in [6, 6.07) is 17.0. The summed E-state index contributed by atoms with van der Waals surface area (Å²) in [5.41, 5.74) is 3.83. The highest BCUT2D eigenvalue weighted by molar-refractivity contribution is 6.00. The number of hydrogen-bond acceptors (Lipinski definition) is 4. The van der Waals surface area contributed by atoms with Gasteiger partial charge in [0, 0.05) is 36.3 Å². The maximum absolute atomic E-state index is 13.2. The van der Waals surface area contributed by atoms with Gasteiger partial charge in [0.2, 0.25) is 5.91 Å². The monoisotopic (exact) mass is 442 g/mol. The molecule has 7 nitrogen and oxygen atoms in total. The first-order valence-electron chi connectivity index (χ1n) is 11.3. The topological polar surface area (TPSA) is 86.4 Å². The number of hydrogen-bond donors (Lipinski definition) is 1. The quantitative estimate of drug-likeness (QED) is 0.658. The van der Waals surface area contributed by atoms with Crippen LogP contribution in [0.5, 0.6) is 0 Å². The molecule has 0 radical (unpaired) electrons. The zero-order valence-corrected chi connectivity index (χ0v) is 18.6. The Morgan fingerprint density at radius 1 is 1.09 bits per heavy atom. The Hall–Kier alpha value is -3.74. The number of amides is 2. The number of aromatic amines is 1. The van der Waals surface area contributed by atoms with Crippen molar-refractivity contribution in [3.05, 3.63) is 98.7 Å². The van der Waals surface area contributed by atoms with Gasteiger partial charge < -0.3 is 14.8 Å². The molecule has 2 aromatic carbocycles. The van der Waals surface area contributed by atoms with E-state index in [1.54, 1.807) is 15.9 Å². The van der Waals surface area contributed by atoms with Crippen molar-refractivity contribution in [2.45, 2.75) is 38.8 Å². The number of carbonyl (C=O) groups is 2. The third-order valence-electron chi connectivity index (χ3n) is 6.58. The van der Waals surface area contributed by atoms with Crippen molar-refractivity contribution >= 4 is 11.8 Å². The number of likely N-dealkylation sites (tertiary alicyclic amines) is 1. The Morgan fingerprint density at radius 3 is 2.61 bits per heavy atom.